The highest BCUT2D eigenvalue weighted by molar-refractivity contribution is 5.75. The average molecular weight is 355 g/mol. The van der Waals surface area contributed by atoms with Crippen LogP contribution in [0, 0.1) is 0 Å². The Morgan fingerprint density at radius 2 is 1.96 bits per heavy atom. The van der Waals surface area contributed by atoms with E-state index < -0.39 is 0 Å². The van der Waals surface area contributed by atoms with Gasteiger partial charge in [-0.1, -0.05) is 18.2 Å². The van der Waals surface area contributed by atoms with E-state index in [0.29, 0.717) is 43.2 Å². The molecule has 2 aromatic heterocycles. The van der Waals surface area contributed by atoms with Gasteiger partial charge in [-0.25, -0.2) is 0 Å². The van der Waals surface area contributed by atoms with Gasteiger partial charge in [0, 0.05) is 31.0 Å². The van der Waals surface area contributed by atoms with Gasteiger partial charge in [0.15, 0.2) is 11.5 Å². The van der Waals surface area contributed by atoms with E-state index in [2.05, 4.69) is 20.6 Å². The lowest BCUT2D eigenvalue weighted by Gasteiger charge is -2.09. The highest BCUT2D eigenvalue weighted by Crippen LogP contribution is 2.16. The molecule has 8 heteroatoms. The van der Waals surface area contributed by atoms with E-state index in [-0.39, 0.29) is 5.91 Å². The molecular weight excluding hydrogens is 334 g/mol. The quantitative estimate of drug-likeness (QED) is 0.662. The summed E-state index contributed by atoms with van der Waals surface area (Å²) in [4.78, 5) is 12.1. The van der Waals surface area contributed by atoms with Crippen LogP contribution in [-0.2, 0) is 17.8 Å². The maximum atomic E-state index is 12.1. The summed E-state index contributed by atoms with van der Waals surface area (Å²) in [6.45, 7) is 0.440. The van der Waals surface area contributed by atoms with E-state index in [0.717, 1.165) is 11.3 Å². The normalized spacial score (nSPS) is 10.7. The summed E-state index contributed by atoms with van der Waals surface area (Å²) in [7, 11) is 3.18. The highest BCUT2D eigenvalue weighted by Gasteiger charge is 2.10. The summed E-state index contributed by atoms with van der Waals surface area (Å²) in [5, 5.41) is 15.4. The van der Waals surface area contributed by atoms with Crippen molar-refractivity contribution in [2.24, 2.45) is 0 Å². The molecular formula is C18H21N5O3. The van der Waals surface area contributed by atoms with Crippen molar-refractivity contribution in [2.75, 3.05) is 14.2 Å². The number of aromatic nitrogens is 4. The first-order chi connectivity index (χ1) is 12.7. The fraction of sp³-hybridized carbons (Fsp3) is 0.333. The summed E-state index contributed by atoms with van der Waals surface area (Å²) in [5.41, 5.74) is 1.60. The fourth-order valence-corrected chi connectivity index (χ4v) is 2.62. The molecule has 0 radical (unpaired) electrons. The predicted octanol–water partition coefficient (Wildman–Crippen LogP) is 1.78. The topological polar surface area (TPSA) is 90.6 Å². The Labute approximate surface area is 151 Å². The van der Waals surface area contributed by atoms with Crippen LogP contribution in [0.15, 0.2) is 36.4 Å². The van der Waals surface area contributed by atoms with E-state index in [1.54, 1.807) is 30.9 Å². The van der Waals surface area contributed by atoms with Crippen molar-refractivity contribution in [1.29, 1.82) is 0 Å². The number of amides is 1. The molecule has 8 nitrogen and oxygen atoms in total. The van der Waals surface area contributed by atoms with E-state index in [4.69, 9.17) is 9.47 Å². The second-order valence-electron chi connectivity index (χ2n) is 5.70. The molecule has 0 spiro atoms. The van der Waals surface area contributed by atoms with Gasteiger partial charge >= 0.3 is 0 Å². The molecule has 1 amide bonds. The summed E-state index contributed by atoms with van der Waals surface area (Å²) in [6, 6.07) is 11.2. The molecule has 0 atom stereocenters. The van der Waals surface area contributed by atoms with Gasteiger partial charge in [-0.3, -0.25) is 4.79 Å². The van der Waals surface area contributed by atoms with Crippen molar-refractivity contribution in [2.45, 2.75) is 25.8 Å². The van der Waals surface area contributed by atoms with Crippen LogP contribution >= 0.6 is 0 Å². The monoisotopic (exact) mass is 355 g/mol. The van der Waals surface area contributed by atoms with E-state index in [1.807, 2.05) is 24.3 Å². The Balaban J connectivity index is 1.51. The number of rotatable bonds is 8. The largest absolute Gasteiger partial charge is 0.496 e. The molecule has 0 bridgehead atoms. The zero-order chi connectivity index (χ0) is 18.4. The van der Waals surface area contributed by atoms with Crippen LogP contribution in [0.1, 0.15) is 24.2 Å². The molecule has 0 aliphatic carbocycles. The number of nitrogens with one attached hydrogen (secondary N) is 1. The number of aryl methyl sites for hydroxylation is 1. The molecule has 0 saturated heterocycles. The smallest absolute Gasteiger partial charge is 0.231 e. The van der Waals surface area contributed by atoms with Gasteiger partial charge in [0.2, 0.25) is 11.8 Å². The summed E-state index contributed by atoms with van der Waals surface area (Å²) in [6.07, 6.45) is 1.65. The van der Waals surface area contributed by atoms with Crippen LogP contribution in [-0.4, -0.2) is 39.9 Å². The first kappa shape index (κ1) is 17.7. The minimum absolute atomic E-state index is 0.0183. The molecule has 0 unspecified atom stereocenters. The first-order valence-electron chi connectivity index (χ1n) is 8.35. The first-order valence-corrected chi connectivity index (χ1v) is 8.35. The Morgan fingerprint density at radius 3 is 2.77 bits per heavy atom. The number of carbonyl (C=O) groups is 1. The minimum atomic E-state index is -0.0183. The highest BCUT2D eigenvalue weighted by atomic mass is 16.5. The van der Waals surface area contributed by atoms with Gasteiger partial charge in [0.1, 0.15) is 5.75 Å². The van der Waals surface area contributed by atoms with Gasteiger partial charge in [-0.15, -0.1) is 15.3 Å². The van der Waals surface area contributed by atoms with Crippen molar-refractivity contribution < 1.29 is 14.3 Å². The van der Waals surface area contributed by atoms with Crippen LogP contribution in [0.4, 0.5) is 0 Å². The zero-order valence-corrected chi connectivity index (χ0v) is 14.8. The maximum Gasteiger partial charge on any atom is 0.231 e. The van der Waals surface area contributed by atoms with Crippen molar-refractivity contribution in [3.8, 4) is 11.6 Å². The number of para-hydroxylation sites is 1. The SMILES string of the molecule is COc1ccc2nnc(CCCC(=O)NCc3ccccc3OC)n2n1. The van der Waals surface area contributed by atoms with E-state index in [1.165, 1.54) is 0 Å². The standard InChI is InChI=1S/C18H21N5O3/c1-25-14-7-4-3-6-13(14)12-19-17(24)9-5-8-15-20-21-16-10-11-18(26-2)22-23(15)16/h3-4,6-7,10-11H,5,8-9,12H2,1-2H3,(H,19,24). The number of ether oxygens (including phenoxy) is 2. The second-order valence-corrected chi connectivity index (χ2v) is 5.70. The fourth-order valence-electron chi connectivity index (χ4n) is 2.62. The van der Waals surface area contributed by atoms with Gasteiger partial charge in [-0.05, 0) is 18.6 Å². The third kappa shape index (κ3) is 4.08. The summed E-state index contributed by atoms with van der Waals surface area (Å²) in [5.74, 6) is 1.95. The van der Waals surface area contributed by atoms with Crippen LogP contribution in [0.25, 0.3) is 5.65 Å². The third-order valence-electron chi connectivity index (χ3n) is 3.98. The number of hydrogen-bond acceptors (Lipinski definition) is 6. The third-order valence-corrected chi connectivity index (χ3v) is 3.98. The van der Waals surface area contributed by atoms with Crippen molar-refractivity contribution in [3.05, 3.63) is 47.8 Å². The lowest BCUT2D eigenvalue weighted by molar-refractivity contribution is -0.121. The van der Waals surface area contributed by atoms with Crippen LogP contribution in [0.5, 0.6) is 11.6 Å². The molecule has 3 rings (SSSR count). The van der Waals surface area contributed by atoms with Crippen LogP contribution in [0.3, 0.4) is 0 Å². The van der Waals surface area contributed by atoms with Crippen LogP contribution < -0.4 is 14.8 Å². The Hall–Kier alpha value is -3.16. The lowest BCUT2D eigenvalue weighted by atomic mass is 10.2. The zero-order valence-electron chi connectivity index (χ0n) is 14.8. The van der Waals surface area contributed by atoms with Crippen molar-refractivity contribution >= 4 is 11.6 Å². The summed E-state index contributed by atoms with van der Waals surface area (Å²) >= 11 is 0. The minimum Gasteiger partial charge on any atom is -0.496 e. The number of fused-ring (bicyclic) bond motifs is 1. The molecule has 1 aromatic carbocycles. The average Bonchev–Trinajstić information content (AvgIpc) is 3.08. The van der Waals surface area contributed by atoms with Crippen LogP contribution in [0.2, 0.25) is 0 Å². The molecule has 0 saturated carbocycles. The molecule has 0 fully saturated rings. The number of methoxy groups -OCH3 is 2. The summed E-state index contributed by atoms with van der Waals surface area (Å²) < 4.78 is 12.0. The van der Waals surface area contributed by atoms with E-state index >= 15 is 0 Å². The Kier molecular flexibility index (Phi) is 5.62. The van der Waals surface area contributed by atoms with Gasteiger partial charge in [0.05, 0.1) is 14.2 Å². The maximum absolute atomic E-state index is 12.1. The number of nitrogens with zero attached hydrogens (tertiary/aromatic N) is 4. The Morgan fingerprint density at radius 1 is 1.12 bits per heavy atom. The van der Waals surface area contributed by atoms with Gasteiger partial charge in [0.25, 0.3) is 0 Å². The molecule has 26 heavy (non-hydrogen) atoms. The molecule has 0 aliphatic heterocycles. The lowest BCUT2D eigenvalue weighted by Crippen LogP contribution is -2.22. The number of hydrogen-bond donors (Lipinski definition) is 1. The second kappa shape index (κ2) is 8.28. The van der Waals surface area contributed by atoms with Gasteiger partial charge < -0.3 is 14.8 Å². The molecule has 3 aromatic rings. The molecule has 0 aliphatic rings. The van der Waals surface area contributed by atoms with Crippen molar-refractivity contribution in [1.82, 2.24) is 25.1 Å². The van der Waals surface area contributed by atoms with Gasteiger partial charge in [-0.2, -0.15) is 4.52 Å². The predicted molar refractivity (Wildman–Crippen MR) is 95.1 cm³/mol. The molecule has 1 N–H and O–H groups in total. The van der Waals surface area contributed by atoms with Crippen molar-refractivity contribution in [3.63, 3.8) is 0 Å². The Bertz CT molecular complexity index is 893. The molecule has 2 heterocycles. The number of carbonyl (C=O) groups excluding carboxylic acids is 1. The number of benzene rings is 1. The molecule has 136 valence electrons. The van der Waals surface area contributed by atoms with E-state index in [9.17, 15) is 4.79 Å².